The lowest BCUT2D eigenvalue weighted by atomic mass is 9.99. The molecule has 3 heterocycles. The van der Waals surface area contributed by atoms with Gasteiger partial charge in [-0.05, 0) is 39.3 Å². The lowest BCUT2D eigenvalue weighted by Gasteiger charge is -2.32. The van der Waals surface area contributed by atoms with E-state index in [1.807, 2.05) is 6.20 Å². The van der Waals surface area contributed by atoms with Crippen molar-refractivity contribution in [3.63, 3.8) is 0 Å². The second-order valence-corrected chi connectivity index (χ2v) is 5.80. The van der Waals surface area contributed by atoms with E-state index in [9.17, 15) is 5.11 Å². The Labute approximate surface area is 109 Å². The highest BCUT2D eigenvalue weighted by molar-refractivity contribution is 5.10. The molecular formula is C14H23N3O. The molecule has 4 heteroatoms. The van der Waals surface area contributed by atoms with Gasteiger partial charge in [-0.1, -0.05) is 6.42 Å². The first-order valence-corrected chi connectivity index (χ1v) is 7.15. The maximum atomic E-state index is 9.80. The third-order valence-corrected chi connectivity index (χ3v) is 4.49. The van der Waals surface area contributed by atoms with Crippen LogP contribution in [0.5, 0.6) is 0 Å². The Morgan fingerprint density at radius 2 is 2.28 bits per heavy atom. The van der Waals surface area contributed by atoms with E-state index in [1.54, 1.807) is 0 Å². The number of aryl methyl sites for hydroxylation is 1. The van der Waals surface area contributed by atoms with Gasteiger partial charge in [0.1, 0.15) is 5.82 Å². The van der Waals surface area contributed by atoms with Gasteiger partial charge < -0.3 is 14.6 Å². The normalized spacial score (nSPS) is 29.2. The summed E-state index contributed by atoms with van der Waals surface area (Å²) in [6, 6.07) is 0.629. The number of piperidine rings is 1. The van der Waals surface area contributed by atoms with Gasteiger partial charge in [0, 0.05) is 24.4 Å². The van der Waals surface area contributed by atoms with Gasteiger partial charge in [0.05, 0.1) is 12.6 Å². The standard InChI is InChI=1S/C14H23N3O/c1-16-7-3-2-4-11(16)8-14-15-9-12-5-6-13(18)10-17(12)14/h9,11,13,18H,2-8,10H2,1H3. The molecule has 0 bridgehead atoms. The summed E-state index contributed by atoms with van der Waals surface area (Å²) >= 11 is 0. The summed E-state index contributed by atoms with van der Waals surface area (Å²) in [5.41, 5.74) is 1.30. The van der Waals surface area contributed by atoms with Crippen molar-refractivity contribution < 1.29 is 5.11 Å². The molecule has 0 aromatic carbocycles. The molecule has 18 heavy (non-hydrogen) atoms. The molecule has 0 saturated carbocycles. The molecule has 1 aromatic heterocycles. The first kappa shape index (κ1) is 12.2. The fourth-order valence-corrected chi connectivity index (χ4v) is 3.27. The topological polar surface area (TPSA) is 41.3 Å². The summed E-state index contributed by atoms with van der Waals surface area (Å²) in [6.07, 6.45) is 8.64. The number of aromatic nitrogens is 2. The minimum Gasteiger partial charge on any atom is -0.391 e. The maximum Gasteiger partial charge on any atom is 0.110 e. The molecule has 1 N–H and O–H groups in total. The first-order chi connectivity index (χ1) is 8.74. The third kappa shape index (κ3) is 2.31. The van der Waals surface area contributed by atoms with Crippen LogP contribution in [-0.4, -0.2) is 45.3 Å². The second-order valence-electron chi connectivity index (χ2n) is 5.80. The molecule has 0 amide bonds. The molecule has 3 rings (SSSR count). The van der Waals surface area contributed by atoms with Gasteiger partial charge in [0.15, 0.2) is 0 Å². The van der Waals surface area contributed by atoms with Gasteiger partial charge in [-0.15, -0.1) is 0 Å². The highest BCUT2D eigenvalue weighted by atomic mass is 16.3. The summed E-state index contributed by atoms with van der Waals surface area (Å²) < 4.78 is 2.25. The van der Waals surface area contributed by atoms with Crippen LogP contribution in [0.25, 0.3) is 0 Å². The minimum absolute atomic E-state index is 0.186. The number of nitrogens with zero attached hydrogens (tertiary/aromatic N) is 3. The summed E-state index contributed by atoms with van der Waals surface area (Å²) in [6.45, 7) is 1.95. The smallest absolute Gasteiger partial charge is 0.110 e. The molecule has 2 atom stereocenters. The molecule has 1 saturated heterocycles. The van der Waals surface area contributed by atoms with Crippen LogP contribution in [0.15, 0.2) is 6.20 Å². The van der Waals surface area contributed by atoms with Crippen molar-refractivity contribution in [1.29, 1.82) is 0 Å². The van der Waals surface area contributed by atoms with Gasteiger partial charge in [-0.3, -0.25) is 0 Å². The summed E-state index contributed by atoms with van der Waals surface area (Å²) in [5.74, 6) is 1.17. The Balaban J connectivity index is 1.74. The molecule has 2 aliphatic rings. The zero-order valence-electron chi connectivity index (χ0n) is 11.2. The van der Waals surface area contributed by atoms with E-state index < -0.39 is 0 Å². The molecule has 0 radical (unpaired) electrons. The number of fused-ring (bicyclic) bond motifs is 1. The van der Waals surface area contributed by atoms with Crippen LogP contribution in [0.2, 0.25) is 0 Å². The average Bonchev–Trinajstić information content (AvgIpc) is 2.75. The molecule has 1 fully saturated rings. The van der Waals surface area contributed by atoms with E-state index in [-0.39, 0.29) is 6.10 Å². The lowest BCUT2D eigenvalue weighted by Crippen LogP contribution is -2.38. The third-order valence-electron chi connectivity index (χ3n) is 4.49. The number of aliphatic hydroxyl groups is 1. The Kier molecular flexibility index (Phi) is 3.39. The van der Waals surface area contributed by atoms with Gasteiger partial charge in [-0.2, -0.15) is 0 Å². The van der Waals surface area contributed by atoms with Crippen LogP contribution in [0, 0.1) is 0 Å². The quantitative estimate of drug-likeness (QED) is 0.857. The summed E-state index contributed by atoms with van der Waals surface area (Å²) in [7, 11) is 2.22. The number of aliphatic hydroxyl groups excluding tert-OH is 1. The number of hydrogen-bond donors (Lipinski definition) is 1. The largest absolute Gasteiger partial charge is 0.391 e. The first-order valence-electron chi connectivity index (χ1n) is 7.15. The zero-order chi connectivity index (χ0) is 12.5. The van der Waals surface area contributed by atoms with Gasteiger partial charge in [0.2, 0.25) is 0 Å². The monoisotopic (exact) mass is 249 g/mol. The molecule has 2 unspecified atom stereocenters. The SMILES string of the molecule is CN1CCCCC1Cc1ncc2n1CC(O)CC2. The Hall–Kier alpha value is -0.870. The van der Waals surface area contributed by atoms with Gasteiger partial charge in [-0.25, -0.2) is 4.98 Å². The minimum atomic E-state index is -0.186. The molecule has 2 aliphatic heterocycles. The molecular weight excluding hydrogens is 226 g/mol. The Morgan fingerprint density at radius 3 is 3.11 bits per heavy atom. The van der Waals surface area contributed by atoms with Crippen molar-refractivity contribution in [2.24, 2.45) is 0 Å². The molecule has 0 aliphatic carbocycles. The van der Waals surface area contributed by atoms with Crippen molar-refractivity contribution in [2.75, 3.05) is 13.6 Å². The number of likely N-dealkylation sites (tertiary alicyclic amines) is 1. The van der Waals surface area contributed by atoms with Gasteiger partial charge >= 0.3 is 0 Å². The van der Waals surface area contributed by atoms with Crippen LogP contribution in [0.4, 0.5) is 0 Å². The maximum absolute atomic E-state index is 9.80. The predicted molar refractivity (Wildman–Crippen MR) is 70.5 cm³/mol. The number of likely N-dealkylation sites (N-methyl/N-ethyl adjacent to an activating group) is 1. The van der Waals surface area contributed by atoms with Crippen LogP contribution in [-0.2, 0) is 19.4 Å². The van der Waals surface area contributed by atoms with E-state index in [0.717, 1.165) is 25.8 Å². The predicted octanol–water partition coefficient (Wildman–Crippen LogP) is 1.22. The van der Waals surface area contributed by atoms with Gasteiger partial charge in [0.25, 0.3) is 0 Å². The van der Waals surface area contributed by atoms with E-state index in [0.29, 0.717) is 6.04 Å². The number of hydrogen-bond acceptors (Lipinski definition) is 3. The summed E-state index contributed by atoms with van der Waals surface area (Å²) in [5, 5.41) is 9.80. The van der Waals surface area contributed by atoms with Crippen molar-refractivity contribution in [2.45, 2.75) is 57.2 Å². The summed E-state index contributed by atoms with van der Waals surface area (Å²) in [4.78, 5) is 7.05. The van der Waals surface area contributed by atoms with Crippen molar-refractivity contribution in [3.05, 3.63) is 17.7 Å². The van der Waals surface area contributed by atoms with E-state index in [2.05, 4.69) is 21.5 Å². The van der Waals surface area contributed by atoms with Crippen molar-refractivity contribution >= 4 is 0 Å². The number of rotatable bonds is 2. The zero-order valence-corrected chi connectivity index (χ0v) is 11.2. The number of imidazole rings is 1. The highest BCUT2D eigenvalue weighted by Gasteiger charge is 2.24. The van der Waals surface area contributed by atoms with E-state index >= 15 is 0 Å². The second kappa shape index (κ2) is 5.02. The molecule has 0 spiro atoms. The fourth-order valence-electron chi connectivity index (χ4n) is 3.27. The van der Waals surface area contributed by atoms with Crippen LogP contribution in [0.1, 0.15) is 37.2 Å². The molecule has 1 aromatic rings. The van der Waals surface area contributed by atoms with Crippen LogP contribution in [0.3, 0.4) is 0 Å². The Bertz CT molecular complexity index is 415. The lowest BCUT2D eigenvalue weighted by molar-refractivity contribution is 0.127. The Morgan fingerprint density at radius 1 is 1.39 bits per heavy atom. The average molecular weight is 249 g/mol. The van der Waals surface area contributed by atoms with Crippen molar-refractivity contribution in [3.8, 4) is 0 Å². The van der Waals surface area contributed by atoms with Crippen LogP contribution >= 0.6 is 0 Å². The molecule has 100 valence electrons. The van der Waals surface area contributed by atoms with E-state index in [4.69, 9.17) is 0 Å². The molecule has 4 nitrogen and oxygen atoms in total. The van der Waals surface area contributed by atoms with Crippen molar-refractivity contribution in [1.82, 2.24) is 14.5 Å². The fraction of sp³-hybridized carbons (Fsp3) is 0.786. The van der Waals surface area contributed by atoms with Crippen LogP contribution < -0.4 is 0 Å². The highest BCUT2D eigenvalue weighted by Crippen LogP contribution is 2.22. The van der Waals surface area contributed by atoms with E-state index in [1.165, 1.54) is 37.3 Å².